The van der Waals surface area contributed by atoms with E-state index in [0.29, 0.717) is 24.5 Å². The van der Waals surface area contributed by atoms with Crippen molar-refractivity contribution in [1.82, 2.24) is 0 Å². The summed E-state index contributed by atoms with van der Waals surface area (Å²) in [4.78, 5) is 11.4. The molecular formula is C28H38O6Si. The fourth-order valence-corrected chi connectivity index (χ4v) is 4.06. The first-order chi connectivity index (χ1) is 16.5. The SMILES string of the molecule is COc1cc(/C=C/c2cc(OCOCC[Si](C)(C)C)cc(OC)c2CC=C(C)C)ccc1C(=O)O. The molecule has 1 N–H and O–H groups in total. The Bertz CT molecular complexity index is 1060. The highest BCUT2D eigenvalue weighted by molar-refractivity contribution is 6.76. The fraction of sp³-hybridized carbons (Fsp3) is 0.393. The summed E-state index contributed by atoms with van der Waals surface area (Å²) in [5, 5.41) is 9.33. The Labute approximate surface area is 210 Å². The molecule has 0 heterocycles. The molecule has 0 saturated heterocycles. The van der Waals surface area contributed by atoms with Gasteiger partial charge < -0.3 is 24.1 Å². The predicted molar refractivity (Wildman–Crippen MR) is 145 cm³/mol. The molecule has 0 aliphatic carbocycles. The highest BCUT2D eigenvalue weighted by Crippen LogP contribution is 2.32. The molecule has 190 valence electrons. The molecule has 2 rings (SSSR count). The molecule has 0 bridgehead atoms. The summed E-state index contributed by atoms with van der Waals surface area (Å²) in [5.74, 6) is 0.687. The minimum absolute atomic E-state index is 0.125. The van der Waals surface area contributed by atoms with E-state index in [4.69, 9.17) is 18.9 Å². The van der Waals surface area contributed by atoms with Crippen LogP contribution in [0.15, 0.2) is 42.0 Å². The zero-order valence-electron chi connectivity index (χ0n) is 21.9. The van der Waals surface area contributed by atoms with E-state index in [1.165, 1.54) is 12.7 Å². The summed E-state index contributed by atoms with van der Waals surface area (Å²) in [5.41, 5.74) is 4.14. The Hall–Kier alpha value is -3.03. The lowest BCUT2D eigenvalue weighted by Crippen LogP contribution is -2.22. The molecule has 0 aromatic heterocycles. The van der Waals surface area contributed by atoms with E-state index in [2.05, 4.69) is 39.6 Å². The zero-order chi connectivity index (χ0) is 26.0. The van der Waals surface area contributed by atoms with Gasteiger partial charge in [0.1, 0.15) is 22.8 Å². The second-order valence-electron chi connectivity index (χ2n) is 9.76. The summed E-state index contributed by atoms with van der Waals surface area (Å²) in [6, 6.07) is 9.94. The van der Waals surface area contributed by atoms with Gasteiger partial charge in [-0.05, 0) is 55.6 Å². The van der Waals surface area contributed by atoms with Gasteiger partial charge in [0.25, 0.3) is 0 Å². The van der Waals surface area contributed by atoms with Gasteiger partial charge >= 0.3 is 5.97 Å². The molecule has 0 atom stereocenters. The highest BCUT2D eigenvalue weighted by Gasteiger charge is 2.14. The van der Waals surface area contributed by atoms with Crippen molar-refractivity contribution in [2.75, 3.05) is 27.6 Å². The molecule has 35 heavy (non-hydrogen) atoms. The number of ether oxygens (including phenoxy) is 4. The molecule has 0 aliphatic rings. The number of carboxylic acids is 1. The van der Waals surface area contributed by atoms with E-state index in [-0.39, 0.29) is 12.4 Å². The van der Waals surface area contributed by atoms with Crippen LogP contribution >= 0.6 is 0 Å². The Morgan fingerprint density at radius 2 is 1.71 bits per heavy atom. The lowest BCUT2D eigenvalue weighted by atomic mass is 10.00. The third kappa shape index (κ3) is 9.26. The lowest BCUT2D eigenvalue weighted by Gasteiger charge is -2.17. The van der Waals surface area contributed by atoms with Crippen molar-refractivity contribution < 1.29 is 28.8 Å². The number of aromatic carboxylic acids is 1. The first kappa shape index (κ1) is 28.2. The molecule has 7 heteroatoms. The first-order valence-electron chi connectivity index (χ1n) is 11.7. The molecule has 0 fully saturated rings. The minimum atomic E-state index is -1.15. The highest BCUT2D eigenvalue weighted by atomic mass is 28.3. The maximum Gasteiger partial charge on any atom is 0.339 e. The van der Waals surface area contributed by atoms with E-state index in [0.717, 1.165) is 28.5 Å². The molecular weight excluding hydrogens is 460 g/mol. The van der Waals surface area contributed by atoms with Crippen molar-refractivity contribution in [1.29, 1.82) is 0 Å². The maximum absolute atomic E-state index is 11.4. The predicted octanol–water partition coefficient (Wildman–Crippen LogP) is 6.77. The normalized spacial score (nSPS) is 11.4. The molecule has 0 aliphatic heterocycles. The first-order valence-corrected chi connectivity index (χ1v) is 15.4. The van der Waals surface area contributed by atoms with Gasteiger partial charge in [-0.1, -0.05) is 49.5 Å². The van der Waals surface area contributed by atoms with E-state index < -0.39 is 14.0 Å². The molecule has 0 unspecified atom stereocenters. The third-order valence-corrected chi connectivity index (χ3v) is 7.07. The van der Waals surface area contributed by atoms with Crippen molar-refractivity contribution in [3.8, 4) is 17.2 Å². The van der Waals surface area contributed by atoms with Crippen LogP contribution in [0.25, 0.3) is 12.2 Å². The zero-order valence-corrected chi connectivity index (χ0v) is 22.9. The Kier molecular flexibility index (Phi) is 10.6. The molecule has 0 amide bonds. The minimum Gasteiger partial charge on any atom is -0.496 e. The largest absolute Gasteiger partial charge is 0.496 e. The summed E-state index contributed by atoms with van der Waals surface area (Å²) in [6.07, 6.45) is 6.76. The number of methoxy groups -OCH3 is 2. The van der Waals surface area contributed by atoms with Crippen LogP contribution in [0.2, 0.25) is 25.7 Å². The molecule has 6 nitrogen and oxygen atoms in total. The van der Waals surface area contributed by atoms with Gasteiger partial charge in [0.15, 0.2) is 6.79 Å². The van der Waals surface area contributed by atoms with Crippen LogP contribution in [0.3, 0.4) is 0 Å². The van der Waals surface area contributed by atoms with Crippen molar-refractivity contribution in [2.24, 2.45) is 0 Å². The number of carbonyl (C=O) groups is 1. The Balaban J connectivity index is 2.34. The van der Waals surface area contributed by atoms with Crippen molar-refractivity contribution in [2.45, 2.75) is 46.0 Å². The van der Waals surface area contributed by atoms with Gasteiger partial charge in [0.05, 0.1) is 14.2 Å². The third-order valence-electron chi connectivity index (χ3n) is 5.37. The molecule has 0 saturated carbocycles. The topological polar surface area (TPSA) is 74.2 Å². The van der Waals surface area contributed by atoms with Crippen LogP contribution in [-0.2, 0) is 11.2 Å². The van der Waals surface area contributed by atoms with Crippen LogP contribution in [0.4, 0.5) is 0 Å². The van der Waals surface area contributed by atoms with E-state index >= 15 is 0 Å². The van der Waals surface area contributed by atoms with Gasteiger partial charge in [0, 0.05) is 26.3 Å². The van der Waals surface area contributed by atoms with Gasteiger partial charge in [0.2, 0.25) is 0 Å². The van der Waals surface area contributed by atoms with Gasteiger partial charge in [-0.2, -0.15) is 0 Å². The standard InChI is InChI=1S/C28H38O6Si/c1-20(2)8-12-24-22(11-9-21-10-13-25(28(29)30)26(16-21)31-3)17-23(18-27(24)32-4)34-19-33-14-15-35(5,6)7/h8-11,13,16-18H,12,14-15,19H2,1-7H3,(H,29,30)/b11-9+. The van der Waals surface area contributed by atoms with E-state index in [1.54, 1.807) is 25.3 Å². The average molecular weight is 499 g/mol. The monoisotopic (exact) mass is 498 g/mol. The Morgan fingerprint density at radius 1 is 1.00 bits per heavy atom. The smallest absolute Gasteiger partial charge is 0.339 e. The van der Waals surface area contributed by atoms with Gasteiger partial charge in [-0.15, -0.1) is 0 Å². The van der Waals surface area contributed by atoms with Crippen molar-refractivity contribution >= 4 is 26.2 Å². The molecule has 2 aromatic rings. The second-order valence-corrected chi connectivity index (χ2v) is 15.4. The van der Waals surface area contributed by atoms with Crippen LogP contribution in [0.5, 0.6) is 17.2 Å². The van der Waals surface area contributed by atoms with Gasteiger partial charge in [-0.25, -0.2) is 4.79 Å². The quantitative estimate of drug-likeness (QED) is 0.108. The van der Waals surface area contributed by atoms with E-state index in [9.17, 15) is 9.90 Å². The van der Waals surface area contributed by atoms with Crippen LogP contribution < -0.4 is 14.2 Å². The molecule has 0 radical (unpaired) electrons. The van der Waals surface area contributed by atoms with Crippen LogP contribution in [0.1, 0.15) is 40.9 Å². The summed E-state index contributed by atoms with van der Waals surface area (Å²) in [7, 11) is 1.96. The van der Waals surface area contributed by atoms with Crippen LogP contribution in [-0.4, -0.2) is 46.8 Å². The van der Waals surface area contributed by atoms with Crippen LogP contribution in [0, 0.1) is 0 Å². The van der Waals surface area contributed by atoms with Crippen molar-refractivity contribution in [3.05, 3.63) is 64.2 Å². The number of carboxylic acid groups (broad SMARTS) is 1. The summed E-state index contributed by atoms with van der Waals surface area (Å²) in [6.45, 7) is 11.9. The number of hydrogen-bond acceptors (Lipinski definition) is 5. The maximum atomic E-state index is 11.4. The molecule has 2 aromatic carbocycles. The lowest BCUT2D eigenvalue weighted by molar-refractivity contribution is 0.0219. The summed E-state index contributed by atoms with van der Waals surface area (Å²) >= 11 is 0. The second kappa shape index (κ2) is 13.2. The number of rotatable bonds is 13. The number of allylic oxidation sites excluding steroid dienone is 2. The van der Waals surface area contributed by atoms with Gasteiger partial charge in [-0.3, -0.25) is 0 Å². The number of hydrogen-bond donors (Lipinski definition) is 1. The Morgan fingerprint density at radius 3 is 2.31 bits per heavy atom. The summed E-state index contributed by atoms with van der Waals surface area (Å²) < 4.78 is 22.6. The average Bonchev–Trinajstić information content (AvgIpc) is 2.80. The van der Waals surface area contributed by atoms with E-state index in [1.807, 2.05) is 24.3 Å². The molecule has 0 spiro atoms. The number of benzene rings is 2. The van der Waals surface area contributed by atoms with Crippen molar-refractivity contribution in [3.63, 3.8) is 0 Å². The fourth-order valence-electron chi connectivity index (χ4n) is 3.30.